The lowest BCUT2D eigenvalue weighted by atomic mass is 10.1. The third-order valence-electron chi connectivity index (χ3n) is 3.92. The molecular weight excluding hydrogens is 265 g/mol. The van der Waals surface area contributed by atoms with Crippen LogP contribution >= 0.6 is 0 Å². The van der Waals surface area contributed by atoms with E-state index in [-0.39, 0.29) is 6.54 Å². The molecule has 0 saturated carbocycles. The number of likely N-dealkylation sites (tertiary alicyclic amines) is 1. The summed E-state index contributed by atoms with van der Waals surface area (Å²) in [7, 11) is 0. The molecule has 0 unspecified atom stereocenters. The maximum atomic E-state index is 12.9. The molecule has 2 rings (SSSR count). The van der Waals surface area contributed by atoms with E-state index in [2.05, 4.69) is 17.1 Å². The summed E-state index contributed by atoms with van der Waals surface area (Å²) >= 11 is 0. The third kappa shape index (κ3) is 3.73. The Balaban J connectivity index is 1.91. The van der Waals surface area contributed by atoms with Crippen molar-refractivity contribution in [1.82, 2.24) is 10.2 Å². The average molecular weight is 286 g/mol. The molecule has 112 valence electrons. The predicted molar refractivity (Wildman–Crippen MR) is 73.4 cm³/mol. The van der Waals surface area contributed by atoms with Crippen LogP contribution in [0.1, 0.15) is 30.9 Å². The van der Waals surface area contributed by atoms with Gasteiger partial charge < -0.3 is 5.32 Å². The molecule has 1 N–H and O–H groups in total. The molecule has 1 heterocycles. The number of hydrogen-bond donors (Lipinski definition) is 1. The smallest absolute Gasteiger partial charge is 0.311 e. The van der Waals surface area contributed by atoms with Crippen LogP contribution in [-0.4, -0.2) is 30.6 Å². The third-order valence-corrected chi connectivity index (χ3v) is 3.92. The van der Waals surface area contributed by atoms with E-state index < -0.39 is 11.7 Å². The molecule has 5 heteroatoms. The first-order valence-corrected chi connectivity index (χ1v) is 7.12. The van der Waals surface area contributed by atoms with Crippen molar-refractivity contribution in [1.29, 1.82) is 0 Å². The molecule has 0 radical (unpaired) electrons. The van der Waals surface area contributed by atoms with Gasteiger partial charge in [0, 0.05) is 19.1 Å². The summed E-state index contributed by atoms with van der Waals surface area (Å²) < 4.78 is 38.6. The topological polar surface area (TPSA) is 15.3 Å². The fourth-order valence-corrected chi connectivity index (χ4v) is 2.87. The second-order valence-electron chi connectivity index (χ2n) is 5.21. The van der Waals surface area contributed by atoms with Crippen LogP contribution in [0.15, 0.2) is 24.3 Å². The van der Waals surface area contributed by atoms with Crippen molar-refractivity contribution in [2.75, 3.05) is 19.6 Å². The van der Waals surface area contributed by atoms with Gasteiger partial charge in [0.2, 0.25) is 0 Å². The number of alkyl halides is 3. The minimum absolute atomic E-state index is 0.268. The summed E-state index contributed by atoms with van der Waals surface area (Å²) in [6.45, 7) is 5.24. The van der Waals surface area contributed by atoms with Gasteiger partial charge in [-0.15, -0.1) is 0 Å². The van der Waals surface area contributed by atoms with Crippen LogP contribution in [0, 0.1) is 0 Å². The van der Waals surface area contributed by atoms with Gasteiger partial charge in [0.1, 0.15) is 0 Å². The summed E-state index contributed by atoms with van der Waals surface area (Å²) in [6, 6.07) is 6.23. The molecule has 0 aliphatic carbocycles. The van der Waals surface area contributed by atoms with Gasteiger partial charge in [0.05, 0.1) is 5.56 Å². The molecule has 1 aromatic carbocycles. The highest BCUT2D eigenvalue weighted by Gasteiger charge is 2.32. The van der Waals surface area contributed by atoms with E-state index in [0.29, 0.717) is 11.6 Å². The lowest BCUT2D eigenvalue weighted by Crippen LogP contribution is -2.37. The molecule has 0 amide bonds. The fourth-order valence-electron chi connectivity index (χ4n) is 2.87. The van der Waals surface area contributed by atoms with E-state index in [1.807, 2.05) is 0 Å². The molecule has 1 saturated heterocycles. The van der Waals surface area contributed by atoms with Crippen molar-refractivity contribution in [3.05, 3.63) is 35.4 Å². The van der Waals surface area contributed by atoms with Gasteiger partial charge in [0.25, 0.3) is 0 Å². The van der Waals surface area contributed by atoms with Crippen molar-refractivity contribution < 1.29 is 13.2 Å². The molecule has 1 fully saturated rings. The molecule has 0 aromatic heterocycles. The first-order valence-electron chi connectivity index (χ1n) is 7.12. The number of nitrogens with zero attached hydrogens (tertiary/aromatic N) is 1. The van der Waals surface area contributed by atoms with Gasteiger partial charge in [-0.25, -0.2) is 0 Å². The molecule has 20 heavy (non-hydrogen) atoms. The summed E-state index contributed by atoms with van der Waals surface area (Å²) in [5, 5.41) is 3.18. The van der Waals surface area contributed by atoms with E-state index in [9.17, 15) is 13.2 Å². The molecule has 0 bridgehead atoms. The highest BCUT2D eigenvalue weighted by molar-refractivity contribution is 5.29. The van der Waals surface area contributed by atoms with Gasteiger partial charge in [-0.2, -0.15) is 13.2 Å². The monoisotopic (exact) mass is 286 g/mol. The predicted octanol–water partition coefficient (Wildman–Crippen LogP) is 3.28. The number of likely N-dealkylation sites (N-methyl/N-ethyl adjacent to an activating group) is 1. The van der Waals surface area contributed by atoms with Crippen LogP contribution < -0.4 is 5.32 Å². The number of rotatable bonds is 5. The van der Waals surface area contributed by atoms with Gasteiger partial charge in [0.15, 0.2) is 0 Å². The number of halogens is 3. The SMILES string of the molecule is CCN1CCC[C@H]1CNCc1ccccc1C(F)(F)F. The first-order chi connectivity index (χ1) is 9.52. The second kappa shape index (κ2) is 6.59. The normalized spacial score (nSPS) is 20.5. The van der Waals surface area contributed by atoms with Crippen LogP contribution in [-0.2, 0) is 12.7 Å². The van der Waals surface area contributed by atoms with E-state index in [4.69, 9.17) is 0 Å². The maximum Gasteiger partial charge on any atom is 0.416 e. The van der Waals surface area contributed by atoms with Crippen molar-refractivity contribution in [3.63, 3.8) is 0 Å². The molecule has 0 spiro atoms. The quantitative estimate of drug-likeness (QED) is 0.893. The van der Waals surface area contributed by atoms with Crippen molar-refractivity contribution in [3.8, 4) is 0 Å². The average Bonchev–Trinajstić information content (AvgIpc) is 2.85. The highest BCUT2D eigenvalue weighted by atomic mass is 19.4. The van der Waals surface area contributed by atoms with Gasteiger partial charge in [-0.1, -0.05) is 25.1 Å². The van der Waals surface area contributed by atoms with E-state index in [1.54, 1.807) is 12.1 Å². The largest absolute Gasteiger partial charge is 0.416 e. The number of hydrogen-bond acceptors (Lipinski definition) is 2. The van der Waals surface area contributed by atoms with Gasteiger partial charge in [-0.3, -0.25) is 4.90 Å². The summed E-state index contributed by atoms with van der Waals surface area (Å²) in [5.74, 6) is 0. The first kappa shape index (κ1) is 15.3. The van der Waals surface area contributed by atoms with E-state index in [0.717, 1.165) is 32.1 Å². The van der Waals surface area contributed by atoms with E-state index >= 15 is 0 Å². The lowest BCUT2D eigenvalue weighted by molar-refractivity contribution is -0.138. The molecule has 1 aliphatic heterocycles. The van der Waals surface area contributed by atoms with Crippen molar-refractivity contribution >= 4 is 0 Å². The van der Waals surface area contributed by atoms with Crippen molar-refractivity contribution in [2.24, 2.45) is 0 Å². The van der Waals surface area contributed by atoms with Crippen LogP contribution in [0.5, 0.6) is 0 Å². The zero-order chi connectivity index (χ0) is 14.6. The highest BCUT2D eigenvalue weighted by Crippen LogP contribution is 2.31. The Morgan fingerprint density at radius 3 is 2.75 bits per heavy atom. The summed E-state index contributed by atoms with van der Waals surface area (Å²) in [6.07, 6.45) is -1.97. The zero-order valence-corrected chi connectivity index (χ0v) is 11.7. The Bertz CT molecular complexity index is 431. The van der Waals surface area contributed by atoms with Crippen LogP contribution in [0.2, 0.25) is 0 Å². The Morgan fingerprint density at radius 2 is 2.05 bits per heavy atom. The van der Waals surface area contributed by atoms with E-state index in [1.165, 1.54) is 12.5 Å². The zero-order valence-electron chi connectivity index (χ0n) is 11.7. The summed E-state index contributed by atoms with van der Waals surface area (Å²) in [5.41, 5.74) is -0.215. The van der Waals surface area contributed by atoms with Crippen LogP contribution in [0.4, 0.5) is 13.2 Å². The molecular formula is C15H21F3N2. The maximum absolute atomic E-state index is 12.9. The van der Waals surface area contributed by atoms with Gasteiger partial charge >= 0.3 is 6.18 Å². The molecule has 2 nitrogen and oxygen atoms in total. The Labute approximate surface area is 118 Å². The number of nitrogens with one attached hydrogen (secondary N) is 1. The minimum atomic E-state index is -4.28. The number of benzene rings is 1. The summed E-state index contributed by atoms with van der Waals surface area (Å²) in [4.78, 5) is 2.38. The molecule has 1 aliphatic rings. The fraction of sp³-hybridized carbons (Fsp3) is 0.600. The molecule has 1 atom stereocenters. The second-order valence-corrected chi connectivity index (χ2v) is 5.21. The van der Waals surface area contributed by atoms with Crippen molar-refractivity contribution in [2.45, 2.75) is 38.5 Å². The Morgan fingerprint density at radius 1 is 1.30 bits per heavy atom. The molecule has 1 aromatic rings. The minimum Gasteiger partial charge on any atom is -0.311 e. The standard InChI is InChI=1S/C15H21F3N2/c1-2-20-9-5-7-13(20)11-19-10-12-6-3-4-8-14(12)15(16,17)18/h3-4,6,8,13,19H,2,5,7,9-11H2,1H3/t13-/m0/s1. The Kier molecular flexibility index (Phi) is 5.05. The van der Waals surface area contributed by atoms with Crippen LogP contribution in [0.25, 0.3) is 0 Å². The lowest BCUT2D eigenvalue weighted by Gasteiger charge is -2.23. The Hall–Kier alpha value is -1.07. The van der Waals surface area contributed by atoms with Gasteiger partial charge in [-0.05, 0) is 37.6 Å². The van der Waals surface area contributed by atoms with Crippen LogP contribution in [0.3, 0.4) is 0 Å².